The van der Waals surface area contributed by atoms with Gasteiger partial charge in [-0.2, -0.15) is 0 Å². The van der Waals surface area contributed by atoms with Crippen LogP contribution in [0.3, 0.4) is 0 Å². The van der Waals surface area contributed by atoms with Gasteiger partial charge < -0.3 is 15.0 Å². The van der Waals surface area contributed by atoms with Crippen LogP contribution in [0.5, 0.6) is 5.75 Å². The van der Waals surface area contributed by atoms with E-state index in [2.05, 4.69) is 5.32 Å². The summed E-state index contributed by atoms with van der Waals surface area (Å²) in [6, 6.07) is 16.6. The molecule has 23 heavy (non-hydrogen) atoms. The van der Waals surface area contributed by atoms with Gasteiger partial charge in [0.25, 0.3) is 0 Å². The number of anilines is 2. The third-order valence-electron chi connectivity index (χ3n) is 3.25. The number of rotatable bonds is 6. The molecule has 0 aliphatic rings. The van der Waals surface area contributed by atoms with Crippen LogP contribution in [0.25, 0.3) is 0 Å². The number of benzene rings is 2. The van der Waals surface area contributed by atoms with E-state index in [-0.39, 0.29) is 11.9 Å². The fourth-order valence-electron chi connectivity index (χ4n) is 2.06. The Hall–Kier alpha value is -2.82. The molecule has 0 unspecified atom stereocenters. The van der Waals surface area contributed by atoms with Crippen molar-refractivity contribution in [2.45, 2.75) is 13.3 Å². The Morgan fingerprint density at radius 1 is 1.04 bits per heavy atom. The van der Waals surface area contributed by atoms with Gasteiger partial charge in [-0.05, 0) is 36.4 Å². The summed E-state index contributed by atoms with van der Waals surface area (Å²) < 4.78 is 5.28. The van der Waals surface area contributed by atoms with Crippen molar-refractivity contribution in [3.05, 3.63) is 54.6 Å². The fraction of sp³-hybridized carbons (Fsp3) is 0.222. The lowest BCUT2D eigenvalue weighted by atomic mass is 10.3. The molecule has 0 radical (unpaired) electrons. The number of carbonyl (C=O) groups is 2. The van der Waals surface area contributed by atoms with E-state index in [1.807, 2.05) is 42.3 Å². The van der Waals surface area contributed by atoms with Crippen LogP contribution >= 0.6 is 0 Å². The van der Waals surface area contributed by atoms with Crippen molar-refractivity contribution in [2.75, 3.05) is 23.8 Å². The zero-order valence-electron chi connectivity index (χ0n) is 13.3. The molecule has 5 heteroatoms. The zero-order chi connectivity index (χ0) is 16.7. The highest BCUT2D eigenvalue weighted by Crippen LogP contribution is 2.16. The monoisotopic (exact) mass is 312 g/mol. The Labute approximate surface area is 135 Å². The van der Waals surface area contributed by atoms with Crippen LogP contribution in [-0.4, -0.2) is 25.5 Å². The molecular formula is C18H20N2O3. The number of carbonyl (C=O) groups excluding carboxylic acids is 2. The molecule has 1 amide bonds. The van der Waals surface area contributed by atoms with Gasteiger partial charge in [-0.3, -0.25) is 9.59 Å². The Morgan fingerprint density at radius 2 is 1.70 bits per heavy atom. The minimum atomic E-state index is -0.292. The molecule has 0 aliphatic carbocycles. The highest BCUT2D eigenvalue weighted by Gasteiger charge is 2.08. The van der Waals surface area contributed by atoms with Crippen molar-refractivity contribution >= 4 is 23.3 Å². The minimum absolute atomic E-state index is 0.140. The Bertz CT molecular complexity index is 654. The summed E-state index contributed by atoms with van der Waals surface area (Å²) in [4.78, 5) is 24.8. The summed E-state index contributed by atoms with van der Waals surface area (Å²) in [5, 5.41) is 2.66. The third-order valence-corrected chi connectivity index (χ3v) is 3.25. The molecule has 0 bridgehead atoms. The maximum atomic E-state index is 11.9. The highest BCUT2D eigenvalue weighted by atomic mass is 16.5. The van der Waals surface area contributed by atoms with Gasteiger partial charge in [0.05, 0.1) is 6.42 Å². The van der Waals surface area contributed by atoms with Gasteiger partial charge in [0, 0.05) is 31.9 Å². The minimum Gasteiger partial charge on any atom is -0.426 e. The Balaban J connectivity index is 1.81. The predicted octanol–water partition coefficient (Wildman–Crippen LogP) is 3.08. The predicted molar refractivity (Wildman–Crippen MR) is 90.7 cm³/mol. The van der Waals surface area contributed by atoms with Gasteiger partial charge in [-0.1, -0.05) is 18.2 Å². The third kappa shape index (κ3) is 5.47. The first-order valence-corrected chi connectivity index (χ1v) is 7.39. The Kier molecular flexibility index (Phi) is 5.74. The molecule has 1 N–H and O–H groups in total. The topological polar surface area (TPSA) is 58.6 Å². The van der Waals surface area contributed by atoms with E-state index in [9.17, 15) is 9.59 Å². The number of hydrogen-bond acceptors (Lipinski definition) is 4. The first kappa shape index (κ1) is 16.5. The van der Waals surface area contributed by atoms with Crippen LogP contribution in [0, 0.1) is 0 Å². The average Bonchev–Trinajstić information content (AvgIpc) is 2.55. The molecule has 2 rings (SSSR count). The summed E-state index contributed by atoms with van der Waals surface area (Å²) in [6.45, 7) is 2.02. The molecule has 5 nitrogen and oxygen atoms in total. The van der Waals surface area contributed by atoms with Crippen molar-refractivity contribution in [1.29, 1.82) is 0 Å². The van der Waals surface area contributed by atoms with E-state index in [1.54, 1.807) is 24.3 Å². The number of esters is 1. The zero-order valence-corrected chi connectivity index (χ0v) is 13.3. The molecule has 2 aromatic carbocycles. The molecular weight excluding hydrogens is 292 g/mol. The lowest BCUT2D eigenvalue weighted by molar-refractivity contribution is -0.134. The van der Waals surface area contributed by atoms with Gasteiger partial charge >= 0.3 is 5.97 Å². The number of nitrogens with zero attached hydrogens (tertiary/aromatic N) is 1. The van der Waals surface area contributed by atoms with Gasteiger partial charge in [-0.25, -0.2) is 0 Å². The van der Waals surface area contributed by atoms with E-state index in [0.29, 0.717) is 24.4 Å². The van der Waals surface area contributed by atoms with Crippen molar-refractivity contribution in [3.8, 4) is 5.75 Å². The number of hydrogen-bond donors (Lipinski definition) is 1. The SMILES string of the molecule is CC(=O)Nc1ccc(OC(=O)CCN(C)c2ccccc2)cc1. The van der Waals surface area contributed by atoms with Crippen LogP contribution < -0.4 is 15.0 Å². The van der Waals surface area contributed by atoms with Crippen LogP contribution in [-0.2, 0) is 9.59 Å². The van der Waals surface area contributed by atoms with Crippen LogP contribution in [0.1, 0.15) is 13.3 Å². The first-order valence-electron chi connectivity index (χ1n) is 7.39. The first-order chi connectivity index (χ1) is 11.0. The summed E-state index contributed by atoms with van der Waals surface area (Å²) >= 11 is 0. The molecule has 0 heterocycles. The molecule has 0 fully saturated rings. The van der Waals surface area contributed by atoms with Gasteiger partial charge in [0.1, 0.15) is 5.75 Å². The number of para-hydroxylation sites is 1. The fourth-order valence-corrected chi connectivity index (χ4v) is 2.06. The molecule has 0 spiro atoms. The maximum absolute atomic E-state index is 11.9. The van der Waals surface area contributed by atoms with Gasteiger partial charge in [0.2, 0.25) is 5.91 Å². The number of nitrogens with one attached hydrogen (secondary N) is 1. The molecule has 0 aliphatic heterocycles. The Morgan fingerprint density at radius 3 is 2.30 bits per heavy atom. The summed E-state index contributed by atoms with van der Waals surface area (Å²) in [6.07, 6.45) is 0.291. The summed E-state index contributed by atoms with van der Waals surface area (Å²) in [5.74, 6) is 0.0326. The van der Waals surface area contributed by atoms with Crippen molar-refractivity contribution < 1.29 is 14.3 Å². The molecule has 0 aromatic heterocycles. The van der Waals surface area contributed by atoms with E-state index in [0.717, 1.165) is 5.69 Å². The molecule has 120 valence electrons. The van der Waals surface area contributed by atoms with Crippen LogP contribution in [0.15, 0.2) is 54.6 Å². The second kappa shape index (κ2) is 7.98. The normalized spacial score (nSPS) is 10.0. The molecule has 0 atom stereocenters. The van der Waals surface area contributed by atoms with Gasteiger partial charge in [0.15, 0.2) is 0 Å². The van der Waals surface area contributed by atoms with Crippen molar-refractivity contribution in [2.24, 2.45) is 0 Å². The second-order valence-electron chi connectivity index (χ2n) is 5.19. The quantitative estimate of drug-likeness (QED) is 0.658. The lowest BCUT2D eigenvalue weighted by Crippen LogP contribution is -2.22. The van der Waals surface area contributed by atoms with Crippen LogP contribution in [0.4, 0.5) is 11.4 Å². The van der Waals surface area contributed by atoms with E-state index < -0.39 is 0 Å². The lowest BCUT2D eigenvalue weighted by Gasteiger charge is -2.18. The van der Waals surface area contributed by atoms with Gasteiger partial charge in [-0.15, -0.1) is 0 Å². The smallest absolute Gasteiger partial charge is 0.312 e. The molecule has 0 saturated carbocycles. The number of ether oxygens (including phenoxy) is 1. The van der Waals surface area contributed by atoms with E-state index in [1.165, 1.54) is 6.92 Å². The maximum Gasteiger partial charge on any atom is 0.312 e. The molecule has 2 aromatic rings. The van der Waals surface area contributed by atoms with Crippen LogP contribution in [0.2, 0.25) is 0 Å². The standard InChI is InChI=1S/C18H20N2O3/c1-14(21)19-15-8-10-17(11-9-15)23-18(22)12-13-20(2)16-6-4-3-5-7-16/h3-11H,12-13H2,1-2H3,(H,19,21). The summed E-state index contributed by atoms with van der Waals surface area (Å²) in [7, 11) is 1.94. The molecule has 0 saturated heterocycles. The largest absolute Gasteiger partial charge is 0.426 e. The average molecular weight is 312 g/mol. The van der Waals surface area contributed by atoms with E-state index >= 15 is 0 Å². The summed E-state index contributed by atoms with van der Waals surface area (Å²) in [5.41, 5.74) is 1.72. The highest BCUT2D eigenvalue weighted by molar-refractivity contribution is 5.88. The van der Waals surface area contributed by atoms with E-state index in [4.69, 9.17) is 4.74 Å². The number of amides is 1. The second-order valence-corrected chi connectivity index (χ2v) is 5.19. The van der Waals surface area contributed by atoms with Crippen molar-refractivity contribution in [3.63, 3.8) is 0 Å². The van der Waals surface area contributed by atoms with Crippen molar-refractivity contribution in [1.82, 2.24) is 0 Å².